The molecule has 0 aliphatic carbocycles. The van der Waals surface area contributed by atoms with Crippen LogP contribution in [-0.4, -0.2) is 21.6 Å². The molecule has 0 N–H and O–H groups in total. The minimum absolute atomic E-state index is 0.0644. The largest absolute Gasteiger partial charge is 0.464 e. The molecule has 2 rings (SSSR count). The van der Waals surface area contributed by atoms with Gasteiger partial charge in [0.15, 0.2) is 5.82 Å². The number of aromatic nitrogens is 3. The second-order valence-electron chi connectivity index (χ2n) is 3.27. The zero-order valence-corrected chi connectivity index (χ0v) is 11.6. The minimum Gasteiger partial charge on any atom is -0.464 e. The summed E-state index contributed by atoms with van der Waals surface area (Å²) in [7, 11) is 0. The van der Waals surface area contributed by atoms with Gasteiger partial charge in [-0.05, 0) is 36.7 Å². The summed E-state index contributed by atoms with van der Waals surface area (Å²) < 4.78 is 5.20. The number of benzene rings is 1. The van der Waals surface area contributed by atoms with E-state index >= 15 is 0 Å². The van der Waals surface area contributed by atoms with E-state index in [1.54, 1.807) is 18.2 Å². The molecule has 0 bridgehead atoms. The van der Waals surface area contributed by atoms with Gasteiger partial charge >= 0.3 is 6.01 Å². The summed E-state index contributed by atoms with van der Waals surface area (Å²) in [6, 6.07) is 5.25. The fourth-order valence-corrected chi connectivity index (χ4v) is 1.74. The molecule has 1 aromatic heterocycles. The van der Waals surface area contributed by atoms with Crippen LogP contribution in [0.25, 0.3) is 11.4 Å². The van der Waals surface area contributed by atoms with Crippen molar-refractivity contribution in [2.24, 2.45) is 0 Å². The molecule has 2 aromatic rings. The maximum atomic E-state index is 5.94. The molecular weight excluding hydrogens is 296 g/mol. The molecule has 1 heterocycles. The second kappa shape index (κ2) is 5.69. The van der Waals surface area contributed by atoms with Crippen LogP contribution in [0.15, 0.2) is 18.2 Å². The maximum absolute atomic E-state index is 5.94. The third-order valence-electron chi connectivity index (χ3n) is 2.04. The topological polar surface area (TPSA) is 47.9 Å². The molecule has 0 aliphatic heterocycles. The van der Waals surface area contributed by atoms with Gasteiger partial charge in [0.2, 0.25) is 5.28 Å². The van der Waals surface area contributed by atoms with Crippen LogP contribution in [0.3, 0.4) is 0 Å². The molecule has 18 heavy (non-hydrogen) atoms. The highest BCUT2D eigenvalue weighted by molar-refractivity contribution is 6.42. The van der Waals surface area contributed by atoms with Gasteiger partial charge in [0.05, 0.1) is 16.7 Å². The van der Waals surface area contributed by atoms with Crippen molar-refractivity contribution >= 4 is 34.8 Å². The SMILES string of the molecule is CCOc1nc(Cl)nc(-c2ccc(Cl)c(Cl)c2)n1. The van der Waals surface area contributed by atoms with E-state index in [0.29, 0.717) is 28.0 Å². The number of hydrogen-bond donors (Lipinski definition) is 0. The van der Waals surface area contributed by atoms with Gasteiger partial charge in [-0.3, -0.25) is 0 Å². The van der Waals surface area contributed by atoms with Crippen LogP contribution in [0.1, 0.15) is 6.92 Å². The lowest BCUT2D eigenvalue weighted by Gasteiger charge is -2.05. The summed E-state index contributed by atoms with van der Waals surface area (Å²) in [5.41, 5.74) is 0.689. The molecule has 7 heteroatoms. The number of hydrogen-bond acceptors (Lipinski definition) is 4. The Morgan fingerprint density at radius 3 is 2.50 bits per heavy atom. The summed E-state index contributed by atoms with van der Waals surface area (Å²) in [5, 5.41) is 0.948. The van der Waals surface area contributed by atoms with E-state index in [2.05, 4.69) is 15.0 Å². The normalized spacial score (nSPS) is 10.4. The van der Waals surface area contributed by atoms with Crippen molar-refractivity contribution in [1.29, 1.82) is 0 Å². The lowest BCUT2D eigenvalue weighted by atomic mass is 10.2. The molecule has 0 saturated heterocycles. The van der Waals surface area contributed by atoms with E-state index in [1.165, 1.54) is 0 Å². The Hall–Kier alpha value is -1.10. The zero-order chi connectivity index (χ0) is 13.1. The molecule has 0 saturated carbocycles. The highest BCUT2D eigenvalue weighted by Gasteiger charge is 2.09. The fraction of sp³-hybridized carbons (Fsp3) is 0.182. The molecular formula is C11H8Cl3N3O. The van der Waals surface area contributed by atoms with Crippen molar-refractivity contribution in [3.63, 3.8) is 0 Å². The van der Waals surface area contributed by atoms with E-state index in [4.69, 9.17) is 39.5 Å². The Labute approximate surface area is 119 Å². The fourth-order valence-electron chi connectivity index (χ4n) is 1.29. The lowest BCUT2D eigenvalue weighted by molar-refractivity contribution is 0.312. The third kappa shape index (κ3) is 3.02. The van der Waals surface area contributed by atoms with Gasteiger partial charge in [0, 0.05) is 5.56 Å². The highest BCUT2D eigenvalue weighted by Crippen LogP contribution is 2.27. The molecule has 1 aromatic carbocycles. The second-order valence-corrected chi connectivity index (χ2v) is 4.42. The smallest absolute Gasteiger partial charge is 0.321 e. The van der Waals surface area contributed by atoms with Crippen LogP contribution in [0, 0.1) is 0 Å². The van der Waals surface area contributed by atoms with E-state index in [0.717, 1.165) is 0 Å². The number of halogens is 3. The zero-order valence-electron chi connectivity index (χ0n) is 9.32. The minimum atomic E-state index is 0.0644. The van der Waals surface area contributed by atoms with E-state index in [9.17, 15) is 0 Å². The standard InChI is InChI=1S/C11H8Cl3N3O/c1-2-18-11-16-9(15-10(14)17-11)6-3-4-7(12)8(13)5-6/h3-5H,2H2,1H3. The van der Waals surface area contributed by atoms with Gasteiger partial charge < -0.3 is 4.74 Å². The van der Waals surface area contributed by atoms with E-state index in [1.807, 2.05) is 6.92 Å². The van der Waals surface area contributed by atoms with Crippen LogP contribution in [-0.2, 0) is 0 Å². The summed E-state index contributed by atoms with van der Waals surface area (Å²) >= 11 is 17.6. The Bertz CT molecular complexity index is 577. The predicted molar refractivity (Wildman–Crippen MR) is 71.5 cm³/mol. The van der Waals surface area contributed by atoms with Crippen LogP contribution < -0.4 is 4.74 Å². The number of ether oxygens (including phenoxy) is 1. The Balaban J connectivity index is 2.46. The summed E-state index contributed by atoms with van der Waals surface area (Å²) in [6.07, 6.45) is 0. The molecule has 94 valence electrons. The van der Waals surface area contributed by atoms with Gasteiger partial charge in [-0.25, -0.2) is 0 Å². The van der Waals surface area contributed by atoms with Crippen LogP contribution in [0.5, 0.6) is 6.01 Å². The van der Waals surface area contributed by atoms with Crippen LogP contribution in [0.4, 0.5) is 0 Å². The predicted octanol–water partition coefficient (Wildman–Crippen LogP) is 3.90. The molecule has 4 nitrogen and oxygen atoms in total. The summed E-state index contributed by atoms with van der Waals surface area (Å²) in [5.74, 6) is 0.386. The molecule has 0 amide bonds. The third-order valence-corrected chi connectivity index (χ3v) is 2.95. The van der Waals surface area contributed by atoms with Gasteiger partial charge in [-0.2, -0.15) is 15.0 Å². The van der Waals surface area contributed by atoms with Gasteiger partial charge in [-0.1, -0.05) is 23.2 Å². The first-order valence-electron chi connectivity index (χ1n) is 5.10. The average Bonchev–Trinajstić information content (AvgIpc) is 2.32. The lowest BCUT2D eigenvalue weighted by Crippen LogP contribution is -2.01. The van der Waals surface area contributed by atoms with Crippen molar-refractivity contribution in [1.82, 2.24) is 15.0 Å². The summed E-state index contributed by atoms with van der Waals surface area (Å²) in [4.78, 5) is 12.0. The molecule has 0 atom stereocenters. The van der Waals surface area contributed by atoms with Crippen LogP contribution >= 0.6 is 34.8 Å². The number of rotatable bonds is 3. The van der Waals surface area contributed by atoms with E-state index < -0.39 is 0 Å². The molecule has 0 unspecified atom stereocenters. The monoisotopic (exact) mass is 303 g/mol. The van der Waals surface area contributed by atoms with Crippen molar-refractivity contribution in [3.05, 3.63) is 33.5 Å². The molecule has 0 spiro atoms. The quantitative estimate of drug-likeness (QED) is 0.863. The maximum Gasteiger partial charge on any atom is 0.321 e. The first-order valence-corrected chi connectivity index (χ1v) is 6.23. The van der Waals surface area contributed by atoms with Crippen molar-refractivity contribution in [2.75, 3.05) is 6.61 Å². The Morgan fingerprint density at radius 2 is 1.83 bits per heavy atom. The van der Waals surface area contributed by atoms with Crippen molar-refractivity contribution in [3.8, 4) is 17.4 Å². The van der Waals surface area contributed by atoms with Gasteiger partial charge in [-0.15, -0.1) is 0 Å². The highest BCUT2D eigenvalue weighted by atomic mass is 35.5. The van der Waals surface area contributed by atoms with Gasteiger partial charge in [0.1, 0.15) is 0 Å². The number of nitrogens with zero attached hydrogens (tertiary/aromatic N) is 3. The Kier molecular flexibility index (Phi) is 4.22. The van der Waals surface area contributed by atoms with Crippen molar-refractivity contribution in [2.45, 2.75) is 6.92 Å². The molecule has 0 aliphatic rings. The Morgan fingerprint density at radius 1 is 1.06 bits per heavy atom. The van der Waals surface area contributed by atoms with Gasteiger partial charge in [0.25, 0.3) is 0 Å². The first-order chi connectivity index (χ1) is 8.60. The van der Waals surface area contributed by atoms with E-state index in [-0.39, 0.29) is 11.3 Å². The molecule has 0 fully saturated rings. The summed E-state index contributed by atoms with van der Waals surface area (Å²) in [6.45, 7) is 2.28. The average molecular weight is 305 g/mol. The first kappa shape index (κ1) is 13.3. The van der Waals surface area contributed by atoms with Crippen LogP contribution in [0.2, 0.25) is 15.3 Å². The molecule has 0 radical (unpaired) electrons. The van der Waals surface area contributed by atoms with Crippen molar-refractivity contribution < 1.29 is 4.74 Å².